The number of methoxy groups -OCH3 is 1. The smallest absolute Gasteiger partial charge is 0.137 e. The molecule has 0 saturated heterocycles. The standard InChI is InChI=1S/C13H20ClNO/c1-3-11(15)6-4-5-10-7-8-13(16-2)12(14)9-10/h7-9,11H,3-6,15H2,1-2H3. The first-order valence-corrected chi connectivity index (χ1v) is 6.13. The number of benzene rings is 1. The molecule has 1 atom stereocenters. The van der Waals surface area contributed by atoms with Gasteiger partial charge in [-0.3, -0.25) is 0 Å². The zero-order valence-electron chi connectivity index (χ0n) is 10.0. The summed E-state index contributed by atoms with van der Waals surface area (Å²) >= 11 is 6.05. The minimum atomic E-state index is 0.328. The maximum absolute atomic E-state index is 6.05. The van der Waals surface area contributed by atoms with E-state index in [1.807, 2.05) is 12.1 Å². The Morgan fingerprint density at radius 2 is 2.19 bits per heavy atom. The van der Waals surface area contributed by atoms with E-state index in [4.69, 9.17) is 22.1 Å². The van der Waals surface area contributed by atoms with Gasteiger partial charge in [-0.15, -0.1) is 0 Å². The topological polar surface area (TPSA) is 35.2 Å². The van der Waals surface area contributed by atoms with Crippen LogP contribution in [-0.2, 0) is 6.42 Å². The zero-order valence-corrected chi connectivity index (χ0v) is 10.8. The molecule has 0 bridgehead atoms. The molecule has 0 aliphatic carbocycles. The number of ether oxygens (including phenoxy) is 1. The van der Waals surface area contributed by atoms with Crippen molar-refractivity contribution in [3.8, 4) is 5.75 Å². The maximum Gasteiger partial charge on any atom is 0.137 e. The van der Waals surface area contributed by atoms with Crippen molar-refractivity contribution in [3.05, 3.63) is 28.8 Å². The molecule has 16 heavy (non-hydrogen) atoms. The van der Waals surface area contributed by atoms with E-state index in [-0.39, 0.29) is 0 Å². The molecule has 1 rings (SSSR count). The molecule has 2 N–H and O–H groups in total. The summed E-state index contributed by atoms with van der Waals surface area (Å²) in [6, 6.07) is 6.27. The zero-order chi connectivity index (χ0) is 12.0. The third kappa shape index (κ3) is 4.03. The molecule has 90 valence electrons. The van der Waals surface area contributed by atoms with Crippen molar-refractivity contribution in [2.45, 2.75) is 38.6 Å². The fraction of sp³-hybridized carbons (Fsp3) is 0.538. The SMILES string of the molecule is CCC(N)CCCc1ccc(OC)c(Cl)c1. The Balaban J connectivity index is 2.46. The Labute approximate surface area is 103 Å². The van der Waals surface area contributed by atoms with Crippen molar-refractivity contribution in [2.24, 2.45) is 5.73 Å². The first kappa shape index (κ1) is 13.3. The second kappa shape index (κ2) is 6.77. The van der Waals surface area contributed by atoms with Gasteiger partial charge in [0.1, 0.15) is 5.75 Å². The van der Waals surface area contributed by atoms with Gasteiger partial charge in [0.15, 0.2) is 0 Å². The molecule has 0 heterocycles. The molecule has 1 aromatic rings. The van der Waals surface area contributed by atoms with E-state index in [1.54, 1.807) is 7.11 Å². The molecule has 0 saturated carbocycles. The van der Waals surface area contributed by atoms with Crippen LogP contribution in [0.1, 0.15) is 31.7 Å². The Hall–Kier alpha value is -0.730. The molecular weight excluding hydrogens is 222 g/mol. The molecule has 0 spiro atoms. The highest BCUT2D eigenvalue weighted by Crippen LogP contribution is 2.25. The second-order valence-corrected chi connectivity index (χ2v) is 4.44. The van der Waals surface area contributed by atoms with Gasteiger partial charge in [0.05, 0.1) is 12.1 Å². The minimum Gasteiger partial charge on any atom is -0.495 e. The quantitative estimate of drug-likeness (QED) is 0.829. The number of nitrogens with two attached hydrogens (primary N) is 1. The van der Waals surface area contributed by atoms with E-state index in [2.05, 4.69) is 13.0 Å². The molecule has 0 aromatic heterocycles. The van der Waals surface area contributed by atoms with Crippen molar-refractivity contribution < 1.29 is 4.74 Å². The van der Waals surface area contributed by atoms with Crippen molar-refractivity contribution >= 4 is 11.6 Å². The summed E-state index contributed by atoms with van der Waals surface area (Å²) in [5.41, 5.74) is 7.11. The average molecular weight is 242 g/mol. The molecule has 2 nitrogen and oxygen atoms in total. The highest BCUT2D eigenvalue weighted by Gasteiger charge is 2.03. The van der Waals surface area contributed by atoms with Crippen molar-refractivity contribution in [1.82, 2.24) is 0 Å². The van der Waals surface area contributed by atoms with Crippen LogP contribution in [0, 0.1) is 0 Å². The summed E-state index contributed by atoms with van der Waals surface area (Å²) in [6.45, 7) is 2.12. The lowest BCUT2D eigenvalue weighted by Crippen LogP contribution is -2.18. The number of aryl methyl sites for hydroxylation is 1. The molecule has 0 amide bonds. The van der Waals surface area contributed by atoms with Crippen LogP contribution >= 0.6 is 11.6 Å². The summed E-state index contributed by atoms with van der Waals surface area (Å²) in [4.78, 5) is 0. The Bertz CT molecular complexity index is 328. The monoisotopic (exact) mass is 241 g/mol. The first-order valence-electron chi connectivity index (χ1n) is 5.75. The van der Waals surface area contributed by atoms with E-state index in [1.165, 1.54) is 5.56 Å². The van der Waals surface area contributed by atoms with Crippen LogP contribution in [0.5, 0.6) is 5.75 Å². The van der Waals surface area contributed by atoms with Crippen molar-refractivity contribution in [2.75, 3.05) is 7.11 Å². The highest BCUT2D eigenvalue weighted by atomic mass is 35.5. The predicted octanol–water partition coefficient (Wildman–Crippen LogP) is 3.41. The van der Waals surface area contributed by atoms with Gasteiger partial charge in [-0.1, -0.05) is 24.6 Å². The van der Waals surface area contributed by atoms with Crippen molar-refractivity contribution in [1.29, 1.82) is 0 Å². The van der Waals surface area contributed by atoms with Gasteiger partial charge < -0.3 is 10.5 Å². The normalized spacial score (nSPS) is 12.5. The van der Waals surface area contributed by atoms with Crippen LogP contribution < -0.4 is 10.5 Å². The Morgan fingerprint density at radius 1 is 1.44 bits per heavy atom. The van der Waals surface area contributed by atoms with Crippen molar-refractivity contribution in [3.63, 3.8) is 0 Å². The third-order valence-corrected chi connectivity index (χ3v) is 3.08. The molecular formula is C13H20ClNO. The van der Waals surface area contributed by atoms with Gasteiger partial charge in [-0.2, -0.15) is 0 Å². The molecule has 0 fully saturated rings. The van der Waals surface area contributed by atoms with Gasteiger partial charge in [-0.25, -0.2) is 0 Å². The summed E-state index contributed by atoms with van der Waals surface area (Å²) in [7, 11) is 1.63. The Morgan fingerprint density at radius 3 is 2.75 bits per heavy atom. The van der Waals surface area contributed by atoms with Gasteiger partial charge in [0, 0.05) is 6.04 Å². The Kier molecular flexibility index (Phi) is 5.64. The van der Waals surface area contributed by atoms with Crippen LogP contribution in [0.4, 0.5) is 0 Å². The summed E-state index contributed by atoms with van der Waals surface area (Å²) in [6.07, 6.45) is 4.25. The maximum atomic E-state index is 6.05. The molecule has 0 aliphatic rings. The summed E-state index contributed by atoms with van der Waals surface area (Å²) < 4.78 is 5.11. The molecule has 1 unspecified atom stereocenters. The van der Waals surface area contributed by atoms with E-state index < -0.39 is 0 Å². The number of hydrogen-bond donors (Lipinski definition) is 1. The van der Waals surface area contributed by atoms with Gasteiger partial charge in [0.2, 0.25) is 0 Å². The minimum absolute atomic E-state index is 0.328. The number of rotatable bonds is 6. The van der Waals surface area contributed by atoms with E-state index >= 15 is 0 Å². The largest absolute Gasteiger partial charge is 0.495 e. The highest BCUT2D eigenvalue weighted by molar-refractivity contribution is 6.32. The molecule has 1 aromatic carbocycles. The van der Waals surface area contributed by atoms with Gasteiger partial charge in [-0.05, 0) is 43.4 Å². The van der Waals surface area contributed by atoms with Crippen LogP contribution in [0.3, 0.4) is 0 Å². The van der Waals surface area contributed by atoms with E-state index in [0.29, 0.717) is 11.1 Å². The lowest BCUT2D eigenvalue weighted by atomic mass is 10.0. The van der Waals surface area contributed by atoms with Crippen LogP contribution in [0.25, 0.3) is 0 Å². The van der Waals surface area contributed by atoms with Gasteiger partial charge in [0.25, 0.3) is 0 Å². The lowest BCUT2D eigenvalue weighted by Gasteiger charge is -2.09. The lowest BCUT2D eigenvalue weighted by molar-refractivity contribution is 0.415. The number of hydrogen-bond acceptors (Lipinski definition) is 2. The van der Waals surface area contributed by atoms with E-state index in [0.717, 1.165) is 31.4 Å². The second-order valence-electron chi connectivity index (χ2n) is 4.03. The molecule has 0 aliphatic heterocycles. The average Bonchev–Trinajstić information content (AvgIpc) is 2.29. The van der Waals surface area contributed by atoms with Gasteiger partial charge >= 0.3 is 0 Å². The van der Waals surface area contributed by atoms with Crippen LogP contribution in [0.15, 0.2) is 18.2 Å². The molecule has 3 heteroatoms. The van der Waals surface area contributed by atoms with Crippen LogP contribution in [-0.4, -0.2) is 13.2 Å². The first-order chi connectivity index (χ1) is 7.67. The summed E-state index contributed by atoms with van der Waals surface area (Å²) in [5.74, 6) is 0.732. The fourth-order valence-electron chi connectivity index (χ4n) is 1.64. The van der Waals surface area contributed by atoms with Crippen LogP contribution in [0.2, 0.25) is 5.02 Å². The summed E-state index contributed by atoms with van der Waals surface area (Å²) in [5, 5.41) is 0.680. The van der Waals surface area contributed by atoms with E-state index in [9.17, 15) is 0 Å². The molecule has 0 radical (unpaired) electrons. The fourth-order valence-corrected chi connectivity index (χ4v) is 1.92. The predicted molar refractivity (Wildman–Crippen MR) is 69.2 cm³/mol. The third-order valence-electron chi connectivity index (χ3n) is 2.78. The number of halogens is 1.